The van der Waals surface area contributed by atoms with E-state index in [9.17, 15) is 9.59 Å². The molecule has 0 fully saturated rings. The summed E-state index contributed by atoms with van der Waals surface area (Å²) >= 11 is 0. The van der Waals surface area contributed by atoms with Crippen LogP contribution in [0.5, 0.6) is 17.2 Å². The highest BCUT2D eigenvalue weighted by Crippen LogP contribution is 2.22. The quantitative estimate of drug-likeness (QED) is 0.545. The molecule has 0 atom stereocenters. The molecule has 138 valence electrons. The van der Waals surface area contributed by atoms with Gasteiger partial charge in [-0.1, -0.05) is 18.2 Å². The van der Waals surface area contributed by atoms with Gasteiger partial charge in [0.25, 0.3) is 5.91 Å². The third-order valence-corrected chi connectivity index (χ3v) is 3.36. The van der Waals surface area contributed by atoms with E-state index >= 15 is 0 Å². The van der Waals surface area contributed by atoms with E-state index in [0.29, 0.717) is 24.7 Å². The Bertz CT molecular complexity index is 710. The van der Waals surface area contributed by atoms with Gasteiger partial charge in [0.15, 0.2) is 6.61 Å². The number of benzene rings is 2. The number of nitrogens with one attached hydrogen (secondary N) is 1. The number of hydrogen-bond donors (Lipinski definition) is 1. The highest BCUT2D eigenvalue weighted by atomic mass is 16.5. The third-order valence-electron chi connectivity index (χ3n) is 3.36. The zero-order chi connectivity index (χ0) is 18.8. The molecule has 2 aromatic carbocycles. The van der Waals surface area contributed by atoms with Gasteiger partial charge in [-0.05, 0) is 24.3 Å². The van der Waals surface area contributed by atoms with E-state index in [-0.39, 0.29) is 12.2 Å². The molecule has 0 saturated heterocycles. The highest BCUT2D eigenvalue weighted by molar-refractivity contribution is 5.92. The van der Waals surface area contributed by atoms with Crippen LogP contribution in [0.4, 0.5) is 0 Å². The summed E-state index contributed by atoms with van der Waals surface area (Å²) in [5.41, 5.74) is 0.237. The van der Waals surface area contributed by atoms with Crippen LogP contribution in [0.25, 0.3) is 0 Å². The molecular weight excluding hydrogens is 338 g/mol. The van der Waals surface area contributed by atoms with E-state index in [2.05, 4.69) is 5.32 Å². The molecular formula is C19H21NO6. The summed E-state index contributed by atoms with van der Waals surface area (Å²) in [5.74, 6) is 0.584. The van der Waals surface area contributed by atoms with Crippen LogP contribution in [-0.4, -0.2) is 45.9 Å². The molecule has 1 amide bonds. The van der Waals surface area contributed by atoms with Gasteiger partial charge in [-0.3, -0.25) is 4.79 Å². The van der Waals surface area contributed by atoms with Gasteiger partial charge in [0.1, 0.15) is 23.9 Å². The van der Waals surface area contributed by atoms with Crippen molar-refractivity contribution in [3.8, 4) is 17.2 Å². The second-order valence-electron chi connectivity index (χ2n) is 5.19. The first-order chi connectivity index (χ1) is 12.6. The summed E-state index contributed by atoms with van der Waals surface area (Å²) in [5, 5.41) is 2.61. The first-order valence-corrected chi connectivity index (χ1v) is 7.97. The number of hydrogen-bond acceptors (Lipinski definition) is 6. The molecule has 0 saturated carbocycles. The number of ether oxygens (including phenoxy) is 4. The fraction of sp³-hybridized carbons (Fsp3) is 0.263. The smallest absolute Gasteiger partial charge is 0.338 e. The van der Waals surface area contributed by atoms with Gasteiger partial charge in [0.2, 0.25) is 0 Å². The van der Waals surface area contributed by atoms with Crippen LogP contribution < -0.4 is 19.5 Å². The maximum Gasteiger partial charge on any atom is 0.338 e. The lowest BCUT2D eigenvalue weighted by Gasteiger charge is -2.10. The number of para-hydroxylation sites is 1. The van der Waals surface area contributed by atoms with Gasteiger partial charge in [0.05, 0.1) is 26.3 Å². The van der Waals surface area contributed by atoms with Crippen molar-refractivity contribution in [3.63, 3.8) is 0 Å². The Hall–Kier alpha value is -3.22. The fourth-order valence-electron chi connectivity index (χ4n) is 2.07. The van der Waals surface area contributed by atoms with Gasteiger partial charge in [-0.15, -0.1) is 0 Å². The van der Waals surface area contributed by atoms with Crippen molar-refractivity contribution in [1.29, 1.82) is 0 Å². The molecule has 0 unspecified atom stereocenters. The maximum absolute atomic E-state index is 12.1. The Labute approximate surface area is 151 Å². The van der Waals surface area contributed by atoms with Crippen LogP contribution in [0.15, 0.2) is 48.5 Å². The molecule has 7 nitrogen and oxygen atoms in total. The summed E-state index contributed by atoms with van der Waals surface area (Å²) in [4.78, 5) is 23.8. The molecule has 2 aromatic rings. The van der Waals surface area contributed by atoms with E-state index in [1.54, 1.807) is 6.07 Å². The molecule has 2 rings (SSSR count). The minimum absolute atomic E-state index is 0.237. The van der Waals surface area contributed by atoms with Crippen molar-refractivity contribution in [2.45, 2.75) is 0 Å². The van der Waals surface area contributed by atoms with Gasteiger partial charge in [-0.2, -0.15) is 0 Å². The van der Waals surface area contributed by atoms with E-state index < -0.39 is 11.9 Å². The van der Waals surface area contributed by atoms with E-state index in [1.807, 2.05) is 30.3 Å². The Morgan fingerprint density at radius 1 is 0.923 bits per heavy atom. The van der Waals surface area contributed by atoms with Crippen molar-refractivity contribution in [3.05, 3.63) is 54.1 Å². The third kappa shape index (κ3) is 6.01. The number of rotatable bonds is 9. The number of methoxy groups -OCH3 is 2. The van der Waals surface area contributed by atoms with Crippen molar-refractivity contribution < 1.29 is 28.5 Å². The van der Waals surface area contributed by atoms with E-state index in [1.165, 1.54) is 26.4 Å². The second-order valence-corrected chi connectivity index (χ2v) is 5.19. The average Bonchev–Trinajstić information content (AvgIpc) is 2.69. The van der Waals surface area contributed by atoms with Crippen molar-refractivity contribution in [2.24, 2.45) is 0 Å². The van der Waals surface area contributed by atoms with Gasteiger partial charge < -0.3 is 24.3 Å². The first kappa shape index (κ1) is 19.1. The SMILES string of the molecule is COc1cc(OC)cc(C(=O)OCC(=O)NCCOc2ccccc2)c1. The van der Waals surface area contributed by atoms with Gasteiger partial charge >= 0.3 is 5.97 Å². The Morgan fingerprint density at radius 3 is 2.19 bits per heavy atom. The lowest BCUT2D eigenvalue weighted by Crippen LogP contribution is -2.32. The average molecular weight is 359 g/mol. The maximum atomic E-state index is 12.1. The van der Waals surface area contributed by atoms with Crippen LogP contribution in [0.3, 0.4) is 0 Å². The summed E-state index contributed by atoms with van der Waals surface area (Å²) in [6.07, 6.45) is 0. The topological polar surface area (TPSA) is 83.1 Å². The predicted octanol–water partition coefficient (Wildman–Crippen LogP) is 2.06. The summed E-state index contributed by atoms with van der Waals surface area (Å²) in [6.45, 7) is 0.235. The fourth-order valence-corrected chi connectivity index (χ4v) is 2.07. The Balaban J connectivity index is 1.73. The summed E-state index contributed by atoms with van der Waals surface area (Å²) in [6, 6.07) is 13.9. The van der Waals surface area contributed by atoms with Crippen LogP contribution in [-0.2, 0) is 9.53 Å². The lowest BCUT2D eigenvalue weighted by atomic mass is 10.2. The monoisotopic (exact) mass is 359 g/mol. The molecule has 0 aliphatic carbocycles. The predicted molar refractivity (Wildman–Crippen MR) is 94.8 cm³/mol. The second kappa shape index (κ2) is 9.93. The lowest BCUT2D eigenvalue weighted by molar-refractivity contribution is -0.124. The van der Waals surface area contributed by atoms with Crippen molar-refractivity contribution in [1.82, 2.24) is 5.32 Å². The van der Waals surface area contributed by atoms with Crippen LogP contribution in [0.1, 0.15) is 10.4 Å². The molecule has 0 aromatic heterocycles. The van der Waals surface area contributed by atoms with Gasteiger partial charge in [-0.25, -0.2) is 4.79 Å². The molecule has 0 bridgehead atoms. The standard InChI is InChI=1S/C19H21NO6/c1-23-16-10-14(11-17(12-16)24-2)19(22)26-13-18(21)20-8-9-25-15-6-4-3-5-7-15/h3-7,10-12H,8-9,13H2,1-2H3,(H,20,21). The zero-order valence-corrected chi connectivity index (χ0v) is 14.7. The van der Waals surface area contributed by atoms with Crippen molar-refractivity contribution >= 4 is 11.9 Å². The van der Waals surface area contributed by atoms with E-state index in [0.717, 1.165) is 5.75 Å². The van der Waals surface area contributed by atoms with E-state index in [4.69, 9.17) is 18.9 Å². The van der Waals surface area contributed by atoms with Crippen LogP contribution in [0.2, 0.25) is 0 Å². The normalized spacial score (nSPS) is 9.92. The highest BCUT2D eigenvalue weighted by Gasteiger charge is 2.13. The molecule has 7 heteroatoms. The molecule has 0 radical (unpaired) electrons. The van der Waals surface area contributed by atoms with Crippen LogP contribution in [0, 0.1) is 0 Å². The molecule has 0 spiro atoms. The molecule has 0 aliphatic heterocycles. The Morgan fingerprint density at radius 2 is 1.58 bits per heavy atom. The number of esters is 1. The molecule has 0 aliphatic rings. The molecule has 26 heavy (non-hydrogen) atoms. The Kier molecular flexibility index (Phi) is 7.30. The van der Waals surface area contributed by atoms with Crippen molar-refractivity contribution in [2.75, 3.05) is 34.0 Å². The minimum Gasteiger partial charge on any atom is -0.497 e. The number of carbonyl (C=O) groups is 2. The largest absolute Gasteiger partial charge is 0.497 e. The number of carbonyl (C=O) groups excluding carboxylic acids is 2. The number of amides is 1. The summed E-state index contributed by atoms with van der Waals surface area (Å²) in [7, 11) is 2.96. The van der Waals surface area contributed by atoms with Gasteiger partial charge in [0, 0.05) is 6.07 Å². The molecule has 1 N–H and O–H groups in total. The minimum atomic E-state index is -0.641. The first-order valence-electron chi connectivity index (χ1n) is 7.97. The summed E-state index contributed by atoms with van der Waals surface area (Å²) < 4.78 is 20.6. The molecule has 0 heterocycles. The van der Waals surface area contributed by atoms with Crippen LogP contribution >= 0.6 is 0 Å². The zero-order valence-electron chi connectivity index (χ0n) is 14.7.